The second-order valence-electron chi connectivity index (χ2n) is 9.27. The summed E-state index contributed by atoms with van der Waals surface area (Å²) in [4.78, 5) is 9.45. The van der Waals surface area contributed by atoms with E-state index in [9.17, 15) is 8.42 Å². The molecule has 1 aromatic carbocycles. The molecule has 0 atom stereocenters. The quantitative estimate of drug-likeness (QED) is 0.307. The second kappa shape index (κ2) is 12.4. The first-order chi connectivity index (χ1) is 14.8. The molecule has 0 aromatic heterocycles. The standard InChI is InChI=1S/C23H39N5O2S.HI/c1-18(2)19-9-11-21(12-10-19)27-13-15-28(16-14-27)23(24-3)25-17-20-7-5-6-8-22(20)26-31(4,29)30;/h5-8,18-19,21,26H,9-17H2,1-4H3,(H,24,25);1H. The predicted molar refractivity (Wildman–Crippen MR) is 144 cm³/mol. The third-order valence-electron chi connectivity index (χ3n) is 6.78. The van der Waals surface area contributed by atoms with Crippen molar-refractivity contribution >= 4 is 45.6 Å². The van der Waals surface area contributed by atoms with Gasteiger partial charge in [0.2, 0.25) is 10.0 Å². The molecule has 0 amide bonds. The number of para-hydroxylation sites is 1. The van der Waals surface area contributed by atoms with Gasteiger partial charge in [0.15, 0.2) is 5.96 Å². The van der Waals surface area contributed by atoms with Crippen LogP contribution in [-0.2, 0) is 16.6 Å². The van der Waals surface area contributed by atoms with Crippen molar-refractivity contribution in [2.24, 2.45) is 16.8 Å². The first-order valence-corrected chi connectivity index (χ1v) is 13.4. The van der Waals surface area contributed by atoms with Crippen molar-refractivity contribution in [3.63, 3.8) is 0 Å². The molecule has 9 heteroatoms. The Hall–Kier alpha value is -1.07. The van der Waals surface area contributed by atoms with Gasteiger partial charge >= 0.3 is 0 Å². The molecule has 0 radical (unpaired) electrons. The molecule has 182 valence electrons. The van der Waals surface area contributed by atoms with Crippen LogP contribution < -0.4 is 10.0 Å². The van der Waals surface area contributed by atoms with Crippen LogP contribution in [0.5, 0.6) is 0 Å². The third kappa shape index (κ3) is 7.76. The minimum absolute atomic E-state index is 0. The van der Waals surface area contributed by atoms with Crippen LogP contribution in [0.4, 0.5) is 5.69 Å². The van der Waals surface area contributed by atoms with Crippen LogP contribution in [0.3, 0.4) is 0 Å². The molecule has 1 heterocycles. The number of hydrogen-bond acceptors (Lipinski definition) is 4. The van der Waals surface area contributed by atoms with Crippen LogP contribution in [0, 0.1) is 11.8 Å². The lowest BCUT2D eigenvalue weighted by molar-refractivity contribution is 0.0864. The first kappa shape index (κ1) is 27.2. The lowest BCUT2D eigenvalue weighted by atomic mass is 9.79. The summed E-state index contributed by atoms with van der Waals surface area (Å²) in [6.45, 7) is 9.31. The third-order valence-corrected chi connectivity index (χ3v) is 7.37. The van der Waals surface area contributed by atoms with Gasteiger partial charge in [0.05, 0.1) is 11.9 Å². The van der Waals surface area contributed by atoms with Gasteiger partial charge in [-0.1, -0.05) is 32.0 Å². The highest BCUT2D eigenvalue weighted by atomic mass is 127. The fraction of sp³-hybridized carbons (Fsp3) is 0.696. The summed E-state index contributed by atoms with van der Waals surface area (Å²) in [5, 5.41) is 3.42. The molecule has 0 unspecified atom stereocenters. The van der Waals surface area contributed by atoms with Crippen molar-refractivity contribution < 1.29 is 8.42 Å². The number of anilines is 1. The number of piperazine rings is 1. The Morgan fingerprint density at radius 3 is 2.28 bits per heavy atom. The monoisotopic (exact) mass is 577 g/mol. The van der Waals surface area contributed by atoms with Gasteiger partial charge in [-0.25, -0.2) is 8.42 Å². The average molecular weight is 578 g/mol. The number of sulfonamides is 1. The minimum Gasteiger partial charge on any atom is -0.352 e. The zero-order chi connectivity index (χ0) is 22.4. The highest BCUT2D eigenvalue weighted by Gasteiger charge is 2.29. The Labute approximate surface area is 211 Å². The Kier molecular flexibility index (Phi) is 10.5. The highest BCUT2D eigenvalue weighted by Crippen LogP contribution is 2.32. The van der Waals surface area contributed by atoms with E-state index in [0.717, 1.165) is 55.6 Å². The van der Waals surface area contributed by atoms with Crippen molar-refractivity contribution in [3.05, 3.63) is 29.8 Å². The SMILES string of the molecule is CN=C(NCc1ccccc1NS(C)(=O)=O)N1CCN(C2CCC(C(C)C)CC2)CC1.I. The van der Waals surface area contributed by atoms with Crippen molar-refractivity contribution in [1.29, 1.82) is 0 Å². The van der Waals surface area contributed by atoms with Crippen LogP contribution >= 0.6 is 24.0 Å². The molecule has 2 aliphatic rings. The van der Waals surface area contributed by atoms with E-state index in [1.807, 2.05) is 25.2 Å². The van der Waals surface area contributed by atoms with Gasteiger partial charge in [0.1, 0.15) is 0 Å². The summed E-state index contributed by atoms with van der Waals surface area (Å²) in [7, 11) is -1.51. The first-order valence-electron chi connectivity index (χ1n) is 11.5. The van der Waals surface area contributed by atoms with E-state index in [4.69, 9.17) is 0 Å². The summed E-state index contributed by atoms with van der Waals surface area (Å²) in [6, 6.07) is 8.20. The lowest BCUT2D eigenvalue weighted by Gasteiger charge is -2.43. The number of nitrogens with zero attached hydrogens (tertiary/aromatic N) is 3. The molecule has 0 bridgehead atoms. The van der Waals surface area contributed by atoms with E-state index >= 15 is 0 Å². The van der Waals surface area contributed by atoms with Crippen LogP contribution in [0.2, 0.25) is 0 Å². The Morgan fingerprint density at radius 1 is 1.09 bits per heavy atom. The van der Waals surface area contributed by atoms with E-state index < -0.39 is 10.0 Å². The van der Waals surface area contributed by atoms with E-state index in [-0.39, 0.29) is 24.0 Å². The number of aliphatic imine (C=N–C) groups is 1. The Morgan fingerprint density at radius 2 is 1.72 bits per heavy atom. The van der Waals surface area contributed by atoms with E-state index in [1.54, 1.807) is 6.07 Å². The summed E-state index contributed by atoms with van der Waals surface area (Å²) in [5.41, 5.74) is 1.50. The molecular formula is C23H40IN5O2S. The van der Waals surface area contributed by atoms with Gasteiger partial charge in [-0.05, 0) is 49.1 Å². The van der Waals surface area contributed by atoms with Crippen molar-refractivity contribution in [2.45, 2.75) is 52.1 Å². The zero-order valence-corrected chi connectivity index (χ0v) is 23.0. The molecule has 7 nitrogen and oxygen atoms in total. The zero-order valence-electron chi connectivity index (χ0n) is 19.9. The maximum Gasteiger partial charge on any atom is 0.229 e. The Balaban J connectivity index is 0.00000363. The predicted octanol–water partition coefficient (Wildman–Crippen LogP) is 3.58. The molecule has 3 rings (SSSR count). The Bertz CT molecular complexity index is 846. The fourth-order valence-electron chi connectivity index (χ4n) is 4.91. The van der Waals surface area contributed by atoms with Crippen LogP contribution in [0.1, 0.15) is 45.1 Å². The smallest absolute Gasteiger partial charge is 0.229 e. The van der Waals surface area contributed by atoms with Gasteiger partial charge in [0, 0.05) is 45.8 Å². The molecule has 0 spiro atoms. The van der Waals surface area contributed by atoms with Gasteiger partial charge < -0.3 is 10.2 Å². The number of hydrogen-bond donors (Lipinski definition) is 2. The molecular weight excluding hydrogens is 537 g/mol. The van der Waals surface area contributed by atoms with E-state index in [0.29, 0.717) is 12.2 Å². The number of halogens is 1. The second-order valence-corrected chi connectivity index (χ2v) is 11.0. The minimum atomic E-state index is -3.31. The maximum absolute atomic E-state index is 11.6. The van der Waals surface area contributed by atoms with Gasteiger partial charge in [-0.2, -0.15) is 0 Å². The molecule has 1 aliphatic heterocycles. The lowest BCUT2D eigenvalue weighted by Crippen LogP contribution is -2.55. The summed E-state index contributed by atoms with van der Waals surface area (Å²) >= 11 is 0. The molecule has 1 saturated heterocycles. The molecule has 1 saturated carbocycles. The van der Waals surface area contributed by atoms with Gasteiger partial charge in [-0.3, -0.25) is 14.6 Å². The summed E-state index contributed by atoms with van der Waals surface area (Å²) in [6.07, 6.45) is 6.57. The molecule has 1 aromatic rings. The summed E-state index contributed by atoms with van der Waals surface area (Å²) in [5.74, 6) is 2.59. The normalized spacial score (nSPS) is 23.0. The van der Waals surface area contributed by atoms with Gasteiger partial charge in [0.25, 0.3) is 0 Å². The van der Waals surface area contributed by atoms with Crippen molar-refractivity contribution in [3.8, 4) is 0 Å². The van der Waals surface area contributed by atoms with Crippen LogP contribution in [-0.4, -0.2) is 69.7 Å². The highest BCUT2D eigenvalue weighted by molar-refractivity contribution is 14.0. The van der Waals surface area contributed by atoms with Gasteiger partial charge in [-0.15, -0.1) is 24.0 Å². The van der Waals surface area contributed by atoms with E-state index in [1.165, 1.54) is 31.9 Å². The number of nitrogens with one attached hydrogen (secondary N) is 2. The molecule has 32 heavy (non-hydrogen) atoms. The van der Waals surface area contributed by atoms with Crippen LogP contribution in [0.15, 0.2) is 29.3 Å². The maximum atomic E-state index is 11.6. The topological polar surface area (TPSA) is 77.0 Å². The van der Waals surface area contributed by atoms with Crippen LogP contribution in [0.25, 0.3) is 0 Å². The largest absolute Gasteiger partial charge is 0.352 e. The number of rotatable bonds is 6. The van der Waals surface area contributed by atoms with E-state index in [2.05, 4.69) is 38.7 Å². The fourth-order valence-corrected chi connectivity index (χ4v) is 5.51. The molecule has 2 fully saturated rings. The van der Waals surface area contributed by atoms with Crippen molar-refractivity contribution in [2.75, 3.05) is 44.2 Å². The average Bonchev–Trinajstić information content (AvgIpc) is 2.75. The molecule has 1 aliphatic carbocycles. The van der Waals surface area contributed by atoms with Crippen molar-refractivity contribution in [1.82, 2.24) is 15.1 Å². The number of guanidine groups is 1. The number of benzene rings is 1. The summed E-state index contributed by atoms with van der Waals surface area (Å²) < 4.78 is 25.9. The molecule has 2 N–H and O–H groups in total.